The number of nitrogens with one attached hydrogen (secondary N) is 1. The highest BCUT2D eigenvalue weighted by molar-refractivity contribution is 6.30. The summed E-state index contributed by atoms with van der Waals surface area (Å²) in [6.07, 6.45) is 1.00. The summed E-state index contributed by atoms with van der Waals surface area (Å²) in [7, 11) is 3.34. The number of hydrogen-bond acceptors (Lipinski definition) is 4. The predicted octanol–water partition coefficient (Wildman–Crippen LogP) is 3.00. The summed E-state index contributed by atoms with van der Waals surface area (Å²) in [5.74, 6) is 1.23. The van der Waals surface area contributed by atoms with Gasteiger partial charge in [0.2, 0.25) is 0 Å². The van der Waals surface area contributed by atoms with E-state index in [0.717, 1.165) is 19.5 Å². The number of methoxy groups -OCH3 is 1. The van der Waals surface area contributed by atoms with Crippen LogP contribution >= 0.6 is 11.6 Å². The molecular weight excluding hydrogens is 380 g/mol. The molecule has 1 aliphatic rings. The van der Waals surface area contributed by atoms with E-state index in [0.29, 0.717) is 42.3 Å². The summed E-state index contributed by atoms with van der Waals surface area (Å²) >= 11 is 5.99. The number of ether oxygens (including phenoxy) is 3. The first-order chi connectivity index (χ1) is 13.0. The number of halogens is 3. The van der Waals surface area contributed by atoms with Gasteiger partial charge in [0, 0.05) is 50.3 Å². The van der Waals surface area contributed by atoms with Crippen LogP contribution in [0.25, 0.3) is 0 Å². The highest BCUT2D eigenvalue weighted by atomic mass is 35.5. The van der Waals surface area contributed by atoms with E-state index in [1.165, 1.54) is 12.1 Å². The largest absolute Gasteiger partial charge is 0.434 e. The first kappa shape index (κ1) is 21.7. The van der Waals surface area contributed by atoms with Crippen LogP contribution in [0, 0.1) is 5.92 Å². The Bertz CT molecular complexity index is 620. The Kier molecular flexibility index (Phi) is 9.03. The van der Waals surface area contributed by atoms with Crippen molar-refractivity contribution < 1.29 is 23.0 Å². The smallest absolute Gasteiger partial charge is 0.387 e. The second-order valence-electron chi connectivity index (χ2n) is 6.20. The topological polar surface area (TPSA) is 55.3 Å². The van der Waals surface area contributed by atoms with Gasteiger partial charge < -0.3 is 24.4 Å². The molecule has 0 amide bonds. The van der Waals surface area contributed by atoms with E-state index in [1.54, 1.807) is 20.2 Å². The number of alkyl halides is 2. The quantitative estimate of drug-likeness (QED) is 0.389. The number of aliphatic imine (C=N–C) groups is 1. The zero-order valence-corrected chi connectivity index (χ0v) is 16.3. The van der Waals surface area contributed by atoms with Gasteiger partial charge in [-0.15, -0.1) is 0 Å². The summed E-state index contributed by atoms with van der Waals surface area (Å²) in [4.78, 5) is 6.42. The average Bonchev–Trinajstić information content (AvgIpc) is 3.10. The van der Waals surface area contributed by atoms with Gasteiger partial charge in [0.15, 0.2) is 5.96 Å². The van der Waals surface area contributed by atoms with Crippen LogP contribution in [0.1, 0.15) is 12.0 Å². The Hall–Kier alpha value is -1.64. The molecule has 9 heteroatoms. The van der Waals surface area contributed by atoms with Crippen molar-refractivity contribution in [2.75, 3.05) is 47.1 Å². The van der Waals surface area contributed by atoms with Gasteiger partial charge >= 0.3 is 6.61 Å². The molecule has 0 bridgehead atoms. The Labute approximate surface area is 163 Å². The van der Waals surface area contributed by atoms with Crippen LogP contribution in [0.15, 0.2) is 23.2 Å². The van der Waals surface area contributed by atoms with Gasteiger partial charge in [-0.05, 0) is 24.6 Å². The molecule has 1 atom stereocenters. The molecule has 1 aliphatic heterocycles. The van der Waals surface area contributed by atoms with E-state index in [4.69, 9.17) is 21.1 Å². The van der Waals surface area contributed by atoms with Crippen LogP contribution in [-0.2, 0) is 16.0 Å². The maximum atomic E-state index is 12.6. The van der Waals surface area contributed by atoms with E-state index < -0.39 is 6.61 Å². The van der Waals surface area contributed by atoms with E-state index >= 15 is 0 Å². The maximum Gasteiger partial charge on any atom is 0.387 e. The SMILES string of the molecule is CN=C(NCc1cc(Cl)ccc1OC(F)F)N1CCC(COCCOC)C1. The lowest BCUT2D eigenvalue weighted by Gasteiger charge is -2.22. The lowest BCUT2D eigenvalue weighted by atomic mass is 10.1. The van der Waals surface area contributed by atoms with E-state index in [9.17, 15) is 8.78 Å². The summed E-state index contributed by atoms with van der Waals surface area (Å²) in [6, 6.07) is 4.57. The third kappa shape index (κ3) is 7.12. The molecular formula is C18H26ClF2N3O3. The predicted molar refractivity (Wildman–Crippen MR) is 101 cm³/mol. The number of hydrogen-bond donors (Lipinski definition) is 1. The highest BCUT2D eigenvalue weighted by Crippen LogP contribution is 2.25. The van der Waals surface area contributed by atoms with Gasteiger partial charge in [-0.1, -0.05) is 11.6 Å². The molecule has 0 saturated carbocycles. The first-order valence-corrected chi connectivity index (χ1v) is 9.16. The molecule has 0 spiro atoms. The van der Waals surface area contributed by atoms with Crippen molar-refractivity contribution in [3.63, 3.8) is 0 Å². The molecule has 1 aromatic carbocycles. The third-order valence-electron chi connectivity index (χ3n) is 4.26. The summed E-state index contributed by atoms with van der Waals surface area (Å²) in [6.45, 7) is 0.917. The van der Waals surface area contributed by atoms with Crippen molar-refractivity contribution in [2.24, 2.45) is 10.9 Å². The minimum absolute atomic E-state index is 0.100. The lowest BCUT2D eigenvalue weighted by molar-refractivity contribution is -0.0504. The zero-order chi connectivity index (χ0) is 19.6. The van der Waals surface area contributed by atoms with Gasteiger partial charge in [0.25, 0.3) is 0 Å². The second-order valence-corrected chi connectivity index (χ2v) is 6.64. The molecule has 2 rings (SSSR count). The van der Waals surface area contributed by atoms with Gasteiger partial charge in [0.1, 0.15) is 5.75 Å². The van der Waals surface area contributed by atoms with Crippen molar-refractivity contribution in [1.29, 1.82) is 0 Å². The molecule has 6 nitrogen and oxygen atoms in total. The van der Waals surface area contributed by atoms with E-state index in [2.05, 4.69) is 19.9 Å². The summed E-state index contributed by atoms with van der Waals surface area (Å²) in [5.41, 5.74) is 0.544. The van der Waals surface area contributed by atoms with Crippen molar-refractivity contribution in [2.45, 2.75) is 19.6 Å². The van der Waals surface area contributed by atoms with Gasteiger partial charge in [-0.2, -0.15) is 8.78 Å². The zero-order valence-electron chi connectivity index (χ0n) is 15.6. The molecule has 0 aromatic heterocycles. The number of rotatable bonds is 9. The van der Waals surface area contributed by atoms with Gasteiger partial charge in [-0.25, -0.2) is 0 Å². The fraction of sp³-hybridized carbons (Fsp3) is 0.611. The monoisotopic (exact) mass is 405 g/mol. The highest BCUT2D eigenvalue weighted by Gasteiger charge is 2.25. The van der Waals surface area contributed by atoms with E-state index in [1.807, 2.05) is 0 Å². The number of likely N-dealkylation sites (tertiary alicyclic amines) is 1. The Morgan fingerprint density at radius 1 is 1.41 bits per heavy atom. The van der Waals surface area contributed by atoms with Crippen molar-refractivity contribution in [3.8, 4) is 5.75 Å². The minimum Gasteiger partial charge on any atom is -0.434 e. The van der Waals surface area contributed by atoms with Crippen LogP contribution in [-0.4, -0.2) is 64.5 Å². The lowest BCUT2D eigenvalue weighted by Crippen LogP contribution is -2.40. The van der Waals surface area contributed by atoms with Gasteiger partial charge in [-0.3, -0.25) is 4.99 Å². The van der Waals surface area contributed by atoms with Crippen LogP contribution in [0.3, 0.4) is 0 Å². The van der Waals surface area contributed by atoms with Crippen LogP contribution < -0.4 is 10.1 Å². The molecule has 1 N–H and O–H groups in total. The van der Waals surface area contributed by atoms with Crippen LogP contribution in [0.5, 0.6) is 5.75 Å². The molecule has 27 heavy (non-hydrogen) atoms. The standard InChI is InChI=1S/C18H26ClF2N3O3/c1-22-18(24-6-5-13(11-24)12-26-8-7-25-2)23-10-14-9-15(19)3-4-16(14)27-17(20)21/h3-4,9,13,17H,5-8,10-12H2,1-2H3,(H,22,23). The summed E-state index contributed by atoms with van der Waals surface area (Å²) in [5, 5.41) is 3.65. The Balaban J connectivity index is 1.88. The molecule has 152 valence electrons. The molecule has 1 saturated heterocycles. The fourth-order valence-corrected chi connectivity index (χ4v) is 3.15. The van der Waals surface area contributed by atoms with Gasteiger partial charge in [0.05, 0.1) is 19.8 Å². The maximum absolute atomic E-state index is 12.6. The molecule has 1 aromatic rings. The fourth-order valence-electron chi connectivity index (χ4n) is 2.96. The normalized spacial score (nSPS) is 17.6. The van der Waals surface area contributed by atoms with Crippen molar-refractivity contribution >= 4 is 17.6 Å². The van der Waals surface area contributed by atoms with Crippen molar-refractivity contribution in [3.05, 3.63) is 28.8 Å². The second kappa shape index (κ2) is 11.3. The molecule has 1 fully saturated rings. The minimum atomic E-state index is -2.89. The first-order valence-electron chi connectivity index (χ1n) is 8.79. The van der Waals surface area contributed by atoms with Crippen LogP contribution in [0.4, 0.5) is 8.78 Å². The molecule has 0 aliphatic carbocycles. The third-order valence-corrected chi connectivity index (χ3v) is 4.49. The molecule has 0 radical (unpaired) electrons. The van der Waals surface area contributed by atoms with Crippen LogP contribution in [0.2, 0.25) is 5.02 Å². The summed E-state index contributed by atoms with van der Waals surface area (Å²) < 4.78 is 40.3. The Morgan fingerprint density at radius 2 is 2.22 bits per heavy atom. The average molecular weight is 406 g/mol. The number of nitrogens with zero attached hydrogens (tertiary/aromatic N) is 2. The molecule has 1 heterocycles. The van der Waals surface area contributed by atoms with E-state index in [-0.39, 0.29) is 12.3 Å². The van der Waals surface area contributed by atoms with Crippen molar-refractivity contribution in [1.82, 2.24) is 10.2 Å². The number of guanidine groups is 1. The molecule has 1 unspecified atom stereocenters. The number of benzene rings is 1. The Morgan fingerprint density at radius 3 is 2.93 bits per heavy atom.